The molecule has 0 aliphatic rings. The number of alkyl halides is 3. The molecule has 0 atom stereocenters. The van der Waals surface area contributed by atoms with Gasteiger partial charge in [0.15, 0.2) is 0 Å². The Kier molecular flexibility index (Phi) is 7.18. The lowest BCUT2D eigenvalue weighted by Gasteiger charge is -2.19. The lowest BCUT2D eigenvalue weighted by molar-refractivity contribution is -0.167. The molecule has 0 amide bonds. The monoisotopic (exact) mass is 479 g/mol. The number of carbonyl (C=O) groups excluding carboxylic acids is 1. The van der Waals surface area contributed by atoms with Crippen LogP contribution in [0.1, 0.15) is 32.0 Å². The standard InChI is InChI=1S/C19H18ClF4N3O5/c1-5-31-16(29)18(2,3)32-25-9-10-6-13(12(21)7-11(10)20)27-15(28)8-14(19(22,23)24)26(4)17(27)30/h6-9H,5H2,1-4H3/b25-9+. The predicted octanol–water partition coefficient (Wildman–Crippen LogP) is 3.04. The Morgan fingerprint density at radius 2 is 1.84 bits per heavy atom. The summed E-state index contributed by atoms with van der Waals surface area (Å²) in [5.74, 6) is -1.85. The summed E-state index contributed by atoms with van der Waals surface area (Å²) in [6.45, 7) is 4.47. The quantitative estimate of drug-likeness (QED) is 0.275. The zero-order chi connectivity index (χ0) is 24.4. The SMILES string of the molecule is CCOC(=O)C(C)(C)O/N=C/c1cc(-n2c(=O)cc(C(F)(F)F)n(C)c2=O)c(F)cc1Cl. The second-order valence-corrected chi connectivity index (χ2v) is 7.33. The minimum absolute atomic E-state index is 0.0448. The van der Waals surface area contributed by atoms with Crippen LogP contribution in [-0.4, -0.2) is 33.5 Å². The fourth-order valence-corrected chi connectivity index (χ4v) is 2.70. The number of nitrogens with zero attached hydrogens (tertiary/aromatic N) is 3. The Labute approximate surface area is 183 Å². The number of rotatable bonds is 6. The molecule has 0 N–H and O–H groups in total. The van der Waals surface area contributed by atoms with Crippen LogP contribution in [0.15, 0.2) is 32.9 Å². The Morgan fingerprint density at radius 3 is 2.41 bits per heavy atom. The van der Waals surface area contributed by atoms with Crippen LogP contribution in [0.25, 0.3) is 5.69 Å². The average molecular weight is 480 g/mol. The van der Waals surface area contributed by atoms with E-state index in [9.17, 15) is 31.9 Å². The molecule has 0 saturated carbocycles. The van der Waals surface area contributed by atoms with Crippen LogP contribution in [0.4, 0.5) is 17.6 Å². The molecule has 8 nitrogen and oxygen atoms in total. The van der Waals surface area contributed by atoms with Crippen LogP contribution < -0.4 is 11.2 Å². The van der Waals surface area contributed by atoms with Crippen molar-refractivity contribution in [3.63, 3.8) is 0 Å². The summed E-state index contributed by atoms with van der Waals surface area (Å²) >= 11 is 5.95. The number of oxime groups is 1. The van der Waals surface area contributed by atoms with E-state index in [1.165, 1.54) is 13.8 Å². The van der Waals surface area contributed by atoms with Gasteiger partial charge in [0, 0.05) is 18.7 Å². The number of ether oxygens (including phenoxy) is 1. The number of esters is 1. The van der Waals surface area contributed by atoms with Crippen LogP contribution in [0.5, 0.6) is 0 Å². The molecule has 2 aromatic rings. The summed E-state index contributed by atoms with van der Waals surface area (Å²) < 4.78 is 58.8. The van der Waals surface area contributed by atoms with Gasteiger partial charge in [-0.15, -0.1) is 0 Å². The Hall–Kier alpha value is -3.15. The molecule has 1 aromatic heterocycles. The van der Waals surface area contributed by atoms with Gasteiger partial charge in [-0.2, -0.15) is 13.2 Å². The van der Waals surface area contributed by atoms with Gasteiger partial charge in [0.1, 0.15) is 11.5 Å². The van der Waals surface area contributed by atoms with Crippen molar-refractivity contribution in [2.45, 2.75) is 32.5 Å². The highest BCUT2D eigenvalue weighted by Crippen LogP contribution is 2.27. The van der Waals surface area contributed by atoms with Crippen molar-refractivity contribution in [1.82, 2.24) is 9.13 Å². The maximum atomic E-state index is 14.5. The van der Waals surface area contributed by atoms with Crippen molar-refractivity contribution in [2.24, 2.45) is 12.2 Å². The maximum absolute atomic E-state index is 14.5. The van der Waals surface area contributed by atoms with Crippen LogP contribution >= 0.6 is 11.6 Å². The van der Waals surface area contributed by atoms with E-state index in [4.69, 9.17) is 21.2 Å². The summed E-state index contributed by atoms with van der Waals surface area (Å²) in [4.78, 5) is 41.5. The molecular formula is C19H18ClF4N3O5. The van der Waals surface area contributed by atoms with Crippen molar-refractivity contribution in [2.75, 3.05) is 6.61 Å². The highest BCUT2D eigenvalue weighted by Gasteiger charge is 2.35. The molecule has 1 aromatic carbocycles. The topological polar surface area (TPSA) is 91.9 Å². The molecule has 0 radical (unpaired) electrons. The first-order valence-electron chi connectivity index (χ1n) is 8.99. The smallest absolute Gasteiger partial charge is 0.431 e. The van der Waals surface area contributed by atoms with Gasteiger partial charge in [-0.05, 0) is 32.9 Å². The third kappa shape index (κ3) is 5.18. The molecule has 0 saturated heterocycles. The maximum Gasteiger partial charge on any atom is 0.431 e. The fraction of sp³-hybridized carbons (Fsp3) is 0.368. The van der Waals surface area contributed by atoms with Gasteiger partial charge < -0.3 is 9.57 Å². The zero-order valence-electron chi connectivity index (χ0n) is 17.3. The van der Waals surface area contributed by atoms with Gasteiger partial charge in [-0.25, -0.2) is 18.5 Å². The average Bonchev–Trinajstić information content (AvgIpc) is 2.67. The van der Waals surface area contributed by atoms with E-state index < -0.39 is 46.2 Å². The first-order valence-corrected chi connectivity index (χ1v) is 9.37. The first kappa shape index (κ1) is 25.1. The number of hydrogen-bond donors (Lipinski definition) is 0. The van der Waals surface area contributed by atoms with Gasteiger partial charge in [-0.3, -0.25) is 9.36 Å². The molecule has 0 bridgehead atoms. The first-order chi connectivity index (χ1) is 14.7. The van der Waals surface area contributed by atoms with Crippen LogP contribution in [-0.2, 0) is 27.6 Å². The normalized spacial score (nSPS) is 12.3. The van der Waals surface area contributed by atoms with Gasteiger partial charge in [0.25, 0.3) is 5.56 Å². The number of benzene rings is 1. The summed E-state index contributed by atoms with van der Waals surface area (Å²) in [6.07, 6.45) is -3.99. The van der Waals surface area contributed by atoms with Crippen LogP contribution in [0, 0.1) is 5.82 Å². The highest BCUT2D eigenvalue weighted by molar-refractivity contribution is 6.33. The highest BCUT2D eigenvalue weighted by atomic mass is 35.5. The van der Waals surface area contributed by atoms with Crippen molar-refractivity contribution in [3.8, 4) is 5.69 Å². The summed E-state index contributed by atoms with van der Waals surface area (Å²) in [6, 6.07) is 1.85. The molecule has 0 fully saturated rings. The predicted molar refractivity (Wildman–Crippen MR) is 107 cm³/mol. The molecular weight excluding hydrogens is 462 g/mol. The second kappa shape index (κ2) is 9.15. The molecule has 13 heteroatoms. The van der Waals surface area contributed by atoms with E-state index in [1.54, 1.807) is 6.92 Å². The van der Waals surface area contributed by atoms with Crippen molar-refractivity contribution in [3.05, 3.63) is 61.1 Å². The van der Waals surface area contributed by atoms with E-state index in [0.29, 0.717) is 0 Å². The summed E-state index contributed by atoms with van der Waals surface area (Å²) in [7, 11) is 0.794. The minimum Gasteiger partial charge on any atom is -0.463 e. The van der Waals surface area contributed by atoms with Gasteiger partial charge in [0.05, 0.1) is 23.5 Å². The lowest BCUT2D eigenvalue weighted by Crippen LogP contribution is -2.41. The van der Waals surface area contributed by atoms with Crippen molar-refractivity contribution >= 4 is 23.8 Å². The largest absolute Gasteiger partial charge is 0.463 e. The number of hydrogen-bond acceptors (Lipinski definition) is 6. The number of carbonyl (C=O) groups is 1. The summed E-state index contributed by atoms with van der Waals surface area (Å²) in [5, 5.41) is 3.39. The zero-order valence-corrected chi connectivity index (χ0v) is 18.0. The van der Waals surface area contributed by atoms with Crippen LogP contribution in [0.3, 0.4) is 0 Å². The van der Waals surface area contributed by atoms with E-state index >= 15 is 0 Å². The number of aromatic nitrogens is 2. The second-order valence-electron chi connectivity index (χ2n) is 6.92. The lowest BCUT2D eigenvalue weighted by atomic mass is 10.1. The van der Waals surface area contributed by atoms with E-state index in [1.807, 2.05) is 0 Å². The van der Waals surface area contributed by atoms with Gasteiger partial charge >= 0.3 is 17.8 Å². The number of halogens is 5. The molecule has 0 aliphatic carbocycles. The molecule has 32 heavy (non-hydrogen) atoms. The van der Waals surface area contributed by atoms with Crippen molar-refractivity contribution in [1.29, 1.82) is 0 Å². The van der Waals surface area contributed by atoms with Gasteiger partial charge in [-0.1, -0.05) is 16.8 Å². The third-order valence-electron chi connectivity index (χ3n) is 4.16. The van der Waals surface area contributed by atoms with E-state index in [-0.39, 0.29) is 32.4 Å². The van der Waals surface area contributed by atoms with Crippen LogP contribution in [0.2, 0.25) is 5.02 Å². The van der Waals surface area contributed by atoms with E-state index in [2.05, 4.69) is 5.16 Å². The third-order valence-corrected chi connectivity index (χ3v) is 4.48. The van der Waals surface area contributed by atoms with E-state index in [0.717, 1.165) is 25.4 Å². The molecule has 174 valence electrons. The molecule has 1 heterocycles. The van der Waals surface area contributed by atoms with Crippen molar-refractivity contribution < 1.29 is 31.9 Å². The molecule has 2 rings (SSSR count). The Morgan fingerprint density at radius 1 is 1.22 bits per heavy atom. The Balaban J connectivity index is 2.53. The fourth-order valence-electron chi connectivity index (χ4n) is 2.50. The minimum atomic E-state index is -4.97. The molecule has 0 spiro atoms. The summed E-state index contributed by atoms with van der Waals surface area (Å²) in [5.41, 5.74) is -6.48. The molecule has 0 unspecified atom stereocenters. The van der Waals surface area contributed by atoms with Gasteiger partial charge in [0.2, 0.25) is 5.60 Å². The Bertz CT molecular complexity index is 1190. The molecule has 0 aliphatic heterocycles.